The second kappa shape index (κ2) is 8.03. The first-order valence-electron chi connectivity index (χ1n) is 6.61. The maximum absolute atomic E-state index is 12.3. The monoisotopic (exact) mass is 421 g/mol. The first kappa shape index (κ1) is 18.3. The van der Waals surface area contributed by atoms with E-state index in [4.69, 9.17) is 4.74 Å². The molecule has 0 aliphatic carbocycles. The van der Waals surface area contributed by atoms with E-state index in [2.05, 4.69) is 40.5 Å². The van der Waals surface area contributed by atoms with Crippen LogP contribution in [-0.4, -0.2) is 21.1 Å². The van der Waals surface area contributed by atoms with Crippen molar-refractivity contribution in [3.63, 3.8) is 0 Å². The van der Waals surface area contributed by atoms with Gasteiger partial charge in [0, 0.05) is 18.5 Å². The third-order valence-electron chi connectivity index (χ3n) is 2.96. The third kappa shape index (κ3) is 5.86. The van der Waals surface area contributed by atoms with E-state index in [-0.39, 0.29) is 24.3 Å². The zero-order valence-corrected chi connectivity index (χ0v) is 15.4. The predicted molar refractivity (Wildman–Crippen MR) is 96.0 cm³/mol. The van der Waals surface area contributed by atoms with Gasteiger partial charge in [0.2, 0.25) is 0 Å². The van der Waals surface area contributed by atoms with Crippen molar-refractivity contribution in [2.24, 2.45) is 5.92 Å². The van der Waals surface area contributed by atoms with Gasteiger partial charge in [-0.2, -0.15) is 12.6 Å². The number of Topliss-reactive ketones (excluding diaryl/α,β-unsaturated/α-hetero) is 1. The van der Waals surface area contributed by atoms with Gasteiger partial charge in [0.25, 0.3) is 0 Å². The molecule has 1 aromatic carbocycles. The van der Waals surface area contributed by atoms with Crippen LogP contribution in [0.4, 0.5) is 5.69 Å². The molecule has 0 saturated carbocycles. The minimum atomic E-state index is -0.683. The number of hydrogen-bond acceptors (Lipinski definition) is 5. The number of anilines is 1. The van der Waals surface area contributed by atoms with Gasteiger partial charge < -0.3 is 10.1 Å². The SMILES string of the molecule is CC(=O)OCc1ccc(NC(C)(I)C(=O)C(C)CS)cc1. The summed E-state index contributed by atoms with van der Waals surface area (Å²) in [6, 6.07) is 7.47. The molecule has 1 N–H and O–H groups in total. The number of benzene rings is 1. The van der Waals surface area contributed by atoms with Gasteiger partial charge in [0.05, 0.1) is 0 Å². The summed E-state index contributed by atoms with van der Waals surface area (Å²) < 4.78 is 4.25. The molecule has 116 valence electrons. The van der Waals surface area contributed by atoms with E-state index in [0.29, 0.717) is 5.75 Å². The van der Waals surface area contributed by atoms with Crippen molar-refractivity contribution in [3.8, 4) is 0 Å². The Bertz CT molecular complexity index is 502. The second-order valence-electron chi connectivity index (χ2n) is 5.05. The summed E-state index contributed by atoms with van der Waals surface area (Å²) in [5, 5.41) is 3.22. The molecule has 0 aliphatic rings. The van der Waals surface area contributed by atoms with E-state index in [1.807, 2.05) is 38.1 Å². The van der Waals surface area contributed by atoms with Crippen LogP contribution in [0.1, 0.15) is 26.3 Å². The molecule has 0 aliphatic heterocycles. The standard InChI is InChI=1S/C15H20INO3S/c1-10(9-21)14(19)15(3,16)17-13-6-4-12(5-7-13)8-20-11(2)18/h4-7,10,17,21H,8-9H2,1-3H3. The number of esters is 1. The van der Waals surface area contributed by atoms with Crippen LogP contribution in [-0.2, 0) is 20.9 Å². The largest absolute Gasteiger partial charge is 0.461 e. The Labute approximate surface area is 144 Å². The zero-order valence-electron chi connectivity index (χ0n) is 12.4. The van der Waals surface area contributed by atoms with Gasteiger partial charge in [-0.3, -0.25) is 9.59 Å². The number of carbonyl (C=O) groups is 2. The number of carbonyl (C=O) groups excluding carboxylic acids is 2. The Morgan fingerprint density at radius 1 is 1.38 bits per heavy atom. The zero-order chi connectivity index (χ0) is 16.0. The van der Waals surface area contributed by atoms with Crippen LogP contribution in [0, 0.1) is 5.92 Å². The number of nitrogens with one attached hydrogen (secondary N) is 1. The molecule has 0 saturated heterocycles. The highest BCUT2D eigenvalue weighted by molar-refractivity contribution is 14.1. The summed E-state index contributed by atoms with van der Waals surface area (Å²) in [4.78, 5) is 23.0. The van der Waals surface area contributed by atoms with Crippen LogP contribution in [0.25, 0.3) is 0 Å². The lowest BCUT2D eigenvalue weighted by atomic mass is 10.0. The van der Waals surface area contributed by atoms with Gasteiger partial charge in [0.15, 0.2) is 5.78 Å². The highest BCUT2D eigenvalue weighted by Gasteiger charge is 2.32. The van der Waals surface area contributed by atoms with Gasteiger partial charge in [-0.05, 0) is 53.0 Å². The number of hydrogen-bond donors (Lipinski definition) is 2. The number of thiol groups is 1. The van der Waals surface area contributed by atoms with Crippen molar-refractivity contribution in [1.29, 1.82) is 0 Å². The molecular formula is C15H20INO3S. The summed E-state index contributed by atoms with van der Waals surface area (Å²) >= 11 is 6.29. The summed E-state index contributed by atoms with van der Waals surface area (Å²) in [7, 11) is 0. The molecule has 0 bridgehead atoms. The molecule has 0 amide bonds. The summed E-state index contributed by atoms with van der Waals surface area (Å²) in [6.07, 6.45) is 0. The number of alkyl halides is 1. The molecule has 0 spiro atoms. The molecule has 0 fully saturated rings. The lowest BCUT2D eigenvalue weighted by molar-refractivity contribution is -0.142. The Hall–Kier alpha value is -0.760. The van der Waals surface area contributed by atoms with Crippen LogP contribution in [0.3, 0.4) is 0 Å². The molecule has 6 heteroatoms. The molecule has 0 radical (unpaired) electrons. The van der Waals surface area contributed by atoms with E-state index in [1.54, 1.807) is 0 Å². The van der Waals surface area contributed by atoms with Gasteiger partial charge in [-0.1, -0.05) is 19.1 Å². The first-order chi connectivity index (χ1) is 9.76. The molecular weight excluding hydrogens is 401 g/mol. The van der Waals surface area contributed by atoms with Crippen LogP contribution in [0.2, 0.25) is 0 Å². The van der Waals surface area contributed by atoms with Crippen molar-refractivity contribution >= 4 is 52.7 Å². The highest BCUT2D eigenvalue weighted by atomic mass is 127. The molecule has 2 unspecified atom stereocenters. The van der Waals surface area contributed by atoms with Crippen molar-refractivity contribution in [1.82, 2.24) is 0 Å². The number of rotatable bonds is 7. The number of ether oxygens (including phenoxy) is 1. The topological polar surface area (TPSA) is 55.4 Å². The lowest BCUT2D eigenvalue weighted by Gasteiger charge is -2.26. The Morgan fingerprint density at radius 3 is 2.43 bits per heavy atom. The van der Waals surface area contributed by atoms with Crippen molar-refractivity contribution < 1.29 is 14.3 Å². The van der Waals surface area contributed by atoms with Gasteiger partial charge in [-0.15, -0.1) is 0 Å². The van der Waals surface area contributed by atoms with Crippen LogP contribution < -0.4 is 5.32 Å². The minimum absolute atomic E-state index is 0.106. The second-order valence-corrected chi connectivity index (χ2v) is 7.58. The number of ketones is 1. The van der Waals surface area contributed by atoms with E-state index in [9.17, 15) is 9.59 Å². The molecule has 21 heavy (non-hydrogen) atoms. The van der Waals surface area contributed by atoms with E-state index in [1.165, 1.54) is 6.92 Å². The van der Waals surface area contributed by atoms with Crippen molar-refractivity contribution in [2.75, 3.05) is 11.1 Å². The molecule has 0 heterocycles. The molecule has 4 nitrogen and oxygen atoms in total. The molecule has 2 atom stereocenters. The Kier molecular flexibility index (Phi) is 6.99. The normalized spacial score (nSPS) is 14.9. The van der Waals surface area contributed by atoms with Crippen LogP contribution in [0.15, 0.2) is 24.3 Å². The fourth-order valence-electron chi connectivity index (χ4n) is 1.75. The summed E-state index contributed by atoms with van der Waals surface area (Å²) in [6.45, 7) is 5.36. The minimum Gasteiger partial charge on any atom is -0.461 e. The Balaban J connectivity index is 2.70. The van der Waals surface area contributed by atoms with Gasteiger partial charge in [-0.25, -0.2) is 0 Å². The molecule has 1 rings (SSSR count). The quantitative estimate of drug-likeness (QED) is 0.233. The van der Waals surface area contributed by atoms with Gasteiger partial charge in [0.1, 0.15) is 10.2 Å². The number of halogens is 1. The van der Waals surface area contributed by atoms with Crippen molar-refractivity contribution in [2.45, 2.75) is 30.9 Å². The molecule has 0 aromatic heterocycles. The Morgan fingerprint density at radius 2 is 1.95 bits per heavy atom. The van der Waals surface area contributed by atoms with E-state index in [0.717, 1.165) is 11.3 Å². The van der Waals surface area contributed by atoms with Crippen molar-refractivity contribution in [3.05, 3.63) is 29.8 Å². The summed E-state index contributed by atoms with van der Waals surface area (Å²) in [5.74, 6) is 0.233. The average Bonchev–Trinajstić information content (AvgIpc) is 2.44. The highest BCUT2D eigenvalue weighted by Crippen LogP contribution is 2.26. The smallest absolute Gasteiger partial charge is 0.302 e. The van der Waals surface area contributed by atoms with Crippen LogP contribution >= 0.6 is 35.2 Å². The maximum atomic E-state index is 12.3. The average molecular weight is 421 g/mol. The first-order valence-corrected chi connectivity index (χ1v) is 8.32. The fourth-order valence-corrected chi connectivity index (χ4v) is 2.76. The lowest BCUT2D eigenvalue weighted by Crippen LogP contribution is -2.40. The third-order valence-corrected chi connectivity index (χ3v) is 4.31. The van der Waals surface area contributed by atoms with Gasteiger partial charge >= 0.3 is 5.97 Å². The van der Waals surface area contributed by atoms with Crippen LogP contribution in [0.5, 0.6) is 0 Å². The van der Waals surface area contributed by atoms with E-state index < -0.39 is 3.55 Å². The predicted octanol–water partition coefficient (Wildman–Crippen LogP) is 3.45. The fraction of sp³-hybridized carbons (Fsp3) is 0.467. The summed E-state index contributed by atoms with van der Waals surface area (Å²) in [5.41, 5.74) is 1.75. The van der Waals surface area contributed by atoms with E-state index >= 15 is 0 Å². The maximum Gasteiger partial charge on any atom is 0.302 e. The molecule has 1 aromatic rings.